The van der Waals surface area contributed by atoms with E-state index >= 15 is 0 Å². The van der Waals surface area contributed by atoms with Crippen molar-refractivity contribution < 1.29 is 29.8 Å². The Labute approximate surface area is 167 Å². The molecule has 2 aliphatic heterocycles. The first-order valence-electron chi connectivity index (χ1n) is 10.8. The number of likely N-dealkylation sites (N-methyl/N-ethyl adjacent to an activating group) is 2. The van der Waals surface area contributed by atoms with Crippen molar-refractivity contribution in [2.45, 2.75) is 13.1 Å². The fourth-order valence-electron chi connectivity index (χ4n) is 4.79. The summed E-state index contributed by atoms with van der Waals surface area (Å²) in [5.41, 5.74) is 2.07. The van der Waals surface area contributed by atoms with Crippen LogP contribution in [0.3, 0.4) is 0 Å². The number of fused-ring (bicyclic) bond motifs is 1. The summed E-state index contributed by atoms with van der Waals surface area (Å²) < 4.78 is 0. The van der Waals surface area contributed by atoms with Gasteiger partial charge < -0.3 is 29.8 Å². The van der Waals surface area contributed by atoms with Crippen molar-refractivity contribution in [1.82, 2.24) is 0 Å². The largest absolute Gasteiger partial charge is 0.507 e. The summed E-state index contributed by atoms with van der Waals surface area (Å²) in [5, 5.41) is 23.4. The lowest BCUT2D eigenvalue weighted by Gasteiger charge is -2.28. The smallest absolute Gasteiger partial charge is 0.127 e. The van der Waals surface area contributed by atoms with Crippen molar-refractivity contribution in [2.75, 3.05) is 66.5 Å². The van der Waals surface area contributed by atoms with Crippen molar-refractivity contribution >= 4 is 10.8 Å². The molecule has 6 nitrogen and oxygen atoms in total. The van der Waals surface area contributed by atoms with Gasteiger partial charge >= 0.3 is 0 Å². The number of phenols is 2. The number of benzene rings is 2. The van der Waals surface area contributed by atoms with Gasteiger partial charge in [-0.25, -0.2) is 0 Å². The fraction of sp³-hybridized carbons (Fsp3) is 0.545. The predicted octanol–water partition coefficient (Wildman–Crippen LogP) is -3.92. The molecular formula is C22H36N4O2+4. The molecule has 6 heteroatoms. The van der Waals surface area contributed by atoms with E-state index in [-0.39, 0.29) is 0 Å². The maximum atomic E-state index is 10.6. The van der Waals surface area contributed by atoms with Gasteiger partial charge in [0.2, 0.25) is 0 Å². The minimum Gasteiger partial charge on any atom is -0.507 e. The Hall–Kier alpha value is -1.86. The van der Waals surface area contributed by atoms with Crippen molar-refractivity contribution in [3.63, 3.8) is 0 Å². The summed E-state index contributed by atoms with van der Waals surface area (Å²) >= 11 is 0. The van der Waals surface area contributed by atoms with E-state index in [0.717, 1.165) is 61.2 Å². The molecule has 0 radical (unpaired) electrons. The molecule has 0 amide bonds. The van der Waals surface area contributed by atoms with E-state index in [2.05, 4.69) is 14.1 Å². The van der Waals surface area contributed by atoms with Crippen LogP contribution in [-0.4, -0.2) is 76.7 Å². The maximum Gasteiger partial charge on any atom is 0.127 e. The zero-order chi connectivity index (χ0) is 19.7. The molecule has 6 N–H and O–H groups in total. The lowest BCUT2D eigenvalue weighted by atomic mass is 9.97. The third kappa shape index (κ3) is 4.10. The molecule has 0 aliphatic carbocycles. The number of rotatable bonds is 4. The number of piperazine rings is 2. The molecule has 0 bridgehead atoms. The van der Waals surface area contributed by atoms with E-state index in [0.29, 0.717) is 11.5 Å². The first-order chi connectivity index (χ1) is 13.5. The molecule has 28 heavy (non-hydrogen) atoms. The van der Waals surface area contributed by atoms with E-state index < -0.39 is 0 Å². The summed E-state index contributed by atoms with van der Waals surface area (Å²) in [7, 11) is 4.51. The van der Waals surface area contributed by atoms with Gasteiger partial charge in [0.15, 0.2) is 0 Å². The van der Waals surface area contributed by atoms with Gasteiger partial charge in [0.25, 0.3) is 0 Å². The van der Waals surface area contributed by atoms with E-state index in [1.807, 2.05) is 24.3 Å². The van der Waals surface area contributed by atoms with E-state index in [9.17, 15) is 10.2 Å². The topological polar surface area (TPSA) is 58.2 Å². The molecule has 0 saturated carbocycles. The highest BCUT2D eigenvalue weighted by molar-refractivity contribution is 5.91. The van der Waals surface area contributed by atoms with Gasteiger partial charge in [-0.15, -0.1) is 0 Å². The molecule has 2 aromatic carbocycles. The predicted molar refractivity (Wildman–Crippen MR) is 109 cm³/mol. The Kier molecular flexibility index (Phi) is 5.73. The van der Waals surface area contributed by atoms with Gasteiger partial charge in [0, 0.05) is 0 Å². The molecule has 2 aromatic rings. The molecule has 4 rings (SSSR count). The summed E-state index contributed by atoms with van der Waals surface area (Å²) in [6, 6.07) is 7.64. The SMILES string of the molecule is C[NH+]1CC[NH+](Cc2c(O)ccc3c(C[NH+]4CC[NH+](C)CC4)c(O)ccc23)CC1. The van der Waals surface area contributed by atoms with Gasteiger partial charge in [-0.1, -0.05) is 12.1 Å². The molecule has 0 spiro atoms. The Balaban J connectivity index is 1.63. The lowest BCUT2D eigenvalue weighted by molar-refractivity contribution is -1.01. The van der Waals surface area contributed by atoms with Crippen LogP contribution in [0.25, 0.3) is 10.8 Å². The molecular weight excluding hydrogens is 352 g/mol. The summed E-state index contributed by atoms with van der Waals surface area (Å²) in [6.07, 6.45) is 0. The maximum absolute atomic E-state index is 10.6. The number of aromatic hydroxyl groups is 2. The van der Waals surface area contributed by atoms with Crippen LogP contribution in [0.4, 0.5) is 0 Å². The molecule has 0 atom stereocenters. The number of phenolic OH excluding ortho intramolecular Hbond substituents is 2. The first-order valence-corrected chi connectivity index (χ1v) is 10.8. The van der Waals surface area contributed by atoms with Crippen LogP contribution in [0, 0.1) is 0 Å². The van der Waals surface area contributed by atoms with Crippen LogP contribution >= 0.6 is 0 Å². The van der Waals surface area contributed by atoms with E-state index in [1.165, 1.54) is 36.0 Å². The Bertz CT molecular complexity index is 756. The zero-order valence-electron chi connectivity index (χ0n) is 17.3. The average Bonchev–Trinajstić information content (AvgIpc) is 2.69. The van der Waals surface area contributed by atoms with Crippen molar-refractivity contribution in [2.24, 2.45) is 0 Å². The summed E-state index contributed by atoms with van der Waals surface area (Å²) in [4.78, 5) is 6.26. The second-order valence-electron chi connectivity index (χ2n) is 8.99. The number of nitrogens with one attached hydrogen (secondary N) is 4. The molecule has 2 aliphatic rings. The monoisotopic (exact) mass is 388 g/mol. The normalized spacial score (nSPS) is 28.5. The molecule has 2 saturated heterocycles. The minimum atomic E-state index is 0.387. The number of quaternary nitrogens is 4. The second-order valence-corrected chi connectivity index (χ2v) is 8.99. The van der Waals surface area contributed by atoms with Gasteiger partial charge in [-0.3, -0.25) is 0 Å². The van der Waals surface area contributed by atoms with E-state index in [4.69, 9.17) is 0 Å². The van der Waals surface area contributed by atoms with Crippen molar-refractivity contribution in [3.8, 4) is 11.5 Å². The first kappa shape index (κ1) is 19.5. The highest BCUT2D eigenvalue weighted by Crippen LogP contribution is 2.32. The molecule has 0 aromatic heterocycles. The summed E-state index contributed by atoms with van der Waals surface area (Å²) in [5.74, 6) is 0.775. The minimum absolute atomic E-state index is 0.387. The third-order valence-electron chi connectivity index (χ3n) is 6.85. The second kappa shape index (κ2) is 8.25. The van der Waals surface area contributed by atoms with E-state index in [1.54, 1.807) is 9.80 Å². The van der Waals surface area contributed by atoms with Gasteiger partial charge in [0.05, 0.1) is 25.2 Å². The van der Waals surface area contributed by atoms with Crippen molar-refractivity contribution in [1.29, 1.82) is 0 Å². The van der Waals surface area contributed by atoms with Crippen LogP contribution in [0.15, 0.2) is 24.3 Å². The number of hydrogen-bond donors (Lipinski definition) is 6. The average molecular weight is 389 g/mol. The molecule has 2 fully saturated rings. The van der Waals surface area contributed by atoms with Gasteiger partial charge in [-0.2, -0.15) is 0 Å². The summed E-state index contributed by atoms with van der Waals surface area (Å²) in [6.45, 7) is 11.0. The van der Waals surface area contributed by atoms with Crippen LogP contribution in [0.1, 0.15) is 11.1 Å². The molecule has 2 heterocycles. The van der Waals surface area contributed by atoms with Crippen LogP contribution in [0.2, 0.25) is 0 Å². The Morgan fingerprint density at radius 2 is 0.964 bits per heavy atom. The standard InChI is InChI=1S/C22H32N4O2/c1-23-7-11-25(12-8-23)15-19-17-3-6-22(28)20(18(17)4-5-21(19)27)16-26-13-9-24(2)10-14-26/h3-6,27-28H,7-16H2,1-2H3/p+4. The molecule has 0 unspecified atom stereocenters. The van der Waals surface area contributed by atoms with Crippen molar-refractivity contribution in [3.05, 3.63) is 35.4 Å². The highest BCUT2D eigenvalue weighted by Gasteiger charge is 2.25. The van der Waals surface area contributed by atoms with Gasteiger partial charge in [-0.05, 0) is 22.9 Å². The third-order valence-corrected chi connectivity index (χ3v) is 6.85. The zero-order valence-corrected chi connectivity index (χ0v) is 17.3. The van der Waals surface area contributed by atoms with Crippen LogP contribution < -0.4 is 19.6 Å². The molecule has 152 valence electrons. The fourth-order valence-corrected chi connectivity index (χ4v) is 4.79. The van der Waals surface area contributed by atoms with Crippen LogP contribution in [-0.2, 0) is 13.1 Å². The number of hydrogen-bond acceptors (Lipinski definition) is 2. The highest BCUT2D eigenvalue weighted by atomic mass is 16.3. The Morgan fingerprint density at radius 1 is 0.607 bits per heavy atom. The van der Waals surface area contributed by atoms with Gasteiger partial charge in [0.1, 0.15) is 76.9 Å². The van der Waals surface area contributed by atoms with Crippen LogP contribution in [0.5, 0.6) is 11.5 Å². The Morgan fingerprint density at radius 3 is 1.32 bits per heavy atom. The quantitative estimate of drug-likeness (QED) is 0.324. The lowest BCUT2D eigenvalue weighted by Crippen LogP contribution is -3.26.